The van der Waals surface area contributed by atoms with Crippen LogP contribution in [0.15, 0.2) is 47.6 Å². The zero-order valence-corrected chi connectivity index (χ0v) is 14.9. The second kappa shape index (κ2) is 6.99. The van der Waals surface area contributed by atoms with Crippen LogP contribution in [0.25, 0.3) is 0 Å². The molecule has 2 aromatic carbocycles. The molecule has 1 fully saturated rings. The first-order chi connectivity index (χ1) is 13.3. The van der Waals surface area contributed by atoms with Crippen molar-refractivity contribution in [2.24, 2.45) is 5.10 Å². The van der Waals surface area contributed by atoms with Crippen LogP contribution >= 0.6 is 0 Å². The van der Waals surface area contributed by atoms with E-state index >= 15 is 0 Å². The third-order valence-corrected chi connectivity index (χ3v) is 4.35. The van der Waals surface area contributed by atoms with Crippen molar-refractivity contribution >= 4 is 23.8 Å². The molecule has 3 amide bonds. The monoisotopic (exact) mass is 383 g/mol. The highest BCUT2D eigenvalue weighted by molar-refractivity contribution is 6.07. The predicted molar refractivity (Wildman–Crippen MR) is 95.9 cm³/mol. The van der Waals surface area contributed by atoms with Crippen molar-refractivity contribution in [3.63, 3.8) is 0 Å². The molecule has 1 aliphatic rings. The van der Waals surface area contributed by atoms with Crippen LogP contribution in [0.1, 0.15) is 18.1 Å². The van der Waals surface area contributed by atoms with E-state index in [9.17, 15) is 24.8 Å². The number of nitrogens with one attached hydrogen (secondary N) is 1. The second-order valence-corrected chi connectivity index (χ2v) is 6.12. The number of hydrogen-bond donors (Lipinski definition) is 1. The van der Waals surface area contributed by atoms with Gasteiger partial charge in [0.15, 0.2) is 0 Å². The standard InChI is InChI=1S/C18H16N4O6/c1-18(12-3-6-14(28-2)7-4-12)16(24)21(17(25)20-18)19-10-11-9-13(22(26)27)5-8-15(11)23/h3-10,23H,1-2H3,(H,20,25)/p-1/b19-10-/t18-/m1/s1. The molecule has 3 rings (SSSR count). The highest BCUT2D eigenvalue weighted by atomic mass is 16.6. The maximum Gasteiger partial charge on any atom is 0.346 e. The number of benzene rings is 2. The number of urea groups is 1. The van der Waals surface area contributed by atoms with Crippen LogP contribution in [0.2, 0.25) is 0 Å². The van der Waals surface area contributed by atoms with Gasteiger partial charge in [-0.15, -0.1) is 5.01 Å². The van der Waals surface area contributed by atoms with Gasteiger partial charge in [0.2, 0.25) is 0 Å². The molecule has 1 atom stereocenters. The fraction of sp³-hybridized carbons (Fsp3) is 0.167. The summed E-state index contributed by atoms with van der Waals surface area (Å²) in [6, 6.07) is 8.91. The molecule has 1 N–H and O–H groups in total. The molecule has 0 radical (unpaired) electrons. The Morgan fingerprint density at radius 3 is 2.50 bits per heavy atom. The van der Waals surface area contributed by atoms with Gasteiger partial charge in [-0.1, -0.05) is 23.9 Å². The number of carbonyl (C=O) groups is 2. The topological polar surface area (TPSA) is 137 Å². The maximum absolute atomic E-state index is 12.8. The Morgan fingerprint density at radius 2 is 1.89 bits per heavy atom. The van der Waals surface area contributed by atoms with Crippen molar-refractivity contribution in [1.82, 2.24) is 10.3 Å². The first-order valence-corrected chi connectivity index (χ1v) is 8.07. The summed E-state index contributed by atoms with van der Waals surface area (Å²) in [7, 11) is 1.51. The lowest BCUT2D eigenvalue weighted by Gasteiger charge is -2.21. The van der Waals surface area contributed by atoms with Gasteiger partial charge < -0.3 is 15.2 Å². The van der Waals surface area contributed by atoms with Crippen molar-refractivity contribution in [2.75, 3.05) is 7.11 Å². The van der Waals surface area contributed by atoms with E-state index in [4.69, 9.17) is 4.74 Å². The first-order valence-electron chi connectivity index (χ1n) is 8.07. The number of hydrogen-bond acceptors (Lipinski definition) is 7. The number of imide groups is 1. The molecule has 144 valence electrons. The summed E-state index contributed by atoms with van der Waals surface area (Å²) in [5.74, 6) is -0.594. The predicted octanol–water partition coefficient (Wildman–Crippen LogP) is 1.48. The molecule has 0 saturated carbocycles. The molecule has 0 unspecified atom stereocenters. The summed E-state index contributed by atoms with van der Waals surface area (Å²) >= 11 is 0. The highest BCUT2D eigenvalue weighted by Crippen LogP contribution is 2.30. The van der Waals surface area contributed by atoms with Gasteiger partial charge in [-0.05, 0) is 30.2 Å². The zero-order valence-electron chi connectivity index (χ0n) is 14.9. The summed E-state index contributed by atoms with van der Waals surface area (Å²) in [5.41, 5.74) is -1.26. The molecule has 10 nitrogen and oxygen atoms in total. The number of nitro benzene ring substituents is 1. The number of ether oxygens (including phenoxy) is 1. The minimum absolute atomic E-state index is 0.118. The Hall–Kier alpha value is -3.95. The van der Waals surface area contributed by atoms with Crippen LogP contribution in [0.4, 0.5) is 10.5 Å². The number of amides is 3. The molecule has 1 heterocycles. The van der Waals surface area contributed by atoms with Crippen LogP contribution in [0.5, 0.6) is 11.5 Å². The lowest BCUT2D eigenvalue weighted by Crippen LogP contribution is -2.40. The van der Waals surface area contributed by atoms with E-state index in [1.54, 1.807) is 24.3 Å². The first kappa shape index (κ1) is 18.8. The molecule has 10 heteroatoms. The number of nitro groups is 1. The lowest BCUT2D eigenvalue weighted by molar-refractivity contribution is -0.385. The Labute approximate surface area is 159 Å². The molecule has 1 saturated heterocycles. The third kappa shape index (κ3) is 3.22. The summed E-state index contributed by atoms with van der Waals surface area (Å²) in [6.45, 7) is 1.52. The van der Waals surface area contributed by atoms with Gasteiger partial charge in [-0.2, -0.15) is 5.10 Å². The highest BCUT2D eigenvalue weighted by Gasteiger charge is 2.49. The lowest BCUT2D eigenvalue weighted by atomic mass is 9.92. The molecular weight excluding hydrogens is 368 g/mol. The molecule has 0 bridgehead atoms. The van der Waals surface area contributed by atoms with Gasteiger partial charge in [-0.25, -0.2) is 4.79 Å². The van der Waals surface area contributed by atoms with E-state index in [-0.39, 0.29) is 11.3 Å². The molecule has 0 aliphatic carbocycles. The van der Waals surface area contributed by atoms with Crippen molar-refractivity contribution in [2.45, 2.75) is 12.5 Å². The normalized spacial score (nSPS) is 19.1. The van der Waals surface area contributed by atoms with E-state index in [1.807, 2.05) is 0 Å². The number of non-ortho nitro benzene ring substituents is 1. The largest absolute Gasteiger partial charge is 0.872 e. The van der Waals surface area contributed by atoms with Gasteiger partial charge in [0.1, 0.15) is 11.3 Å². The summed E-state index contributed by atoms with van der Waals surface area (Å²) < 4.78 is 5.08. The smallest absolute Gasteiger partial charge is 0.346 e. The molecule has 28 heavy (non-hydrogen) atoms. The van der Waals surface area contributed by atoms with Gasteiger partial charge >= 0.3 is 6.03 Å². The molecule has 0 spiro atoms. The Balaban J connectivity index is 1.89. The Kier molecular flexibility index (Phi) is 4.70. The van der Waals surface area contributed by atoms with E-state index in [0.717, 1.165) is 24.4 Å². The van der Waals surface area contributed by atoms with Crippen molar-refractivity contribution < 1.29 is 24.4 Å². The summed E-state index contributed by atoms with van der Waals surface area (Å²) in [5, 5.41) is 29.6. The van der Waals surface area contributed by atoms with Crippen LogP contribution in [-0.2, 0) is 10.3 Å². The average Bonchev–Trinajstić information content (AvgIpc) is 2.90. The van der Waals surface area contributed by atoms with Crippen LogP contribution in [-0.4, -0.2) is 35.2 Å². The van der Waals surface area contributed by atoms with Crippen molar-refractivity contribution in [3.05, 3.63) is 63.7 Å². The molecule has 0 aromatic heterocycles. The fourth-order valence-corrected chi connectivity index (χ4v) is 2.72. The van der Waals surface area contributed by atoms with Gasteiger partial charge in [0.25, 0.3) is 11.6 Å². The minimum atomic E-state index is -1.36. The van der Waals surface area contributed by atoms with E-state index in [1.165, 1.54) is 14.0 Å². The average molecular weight is 383 g/mol. The summed E-state index contributed by atoms with van der Waals surface area (Å²) in [4.78, 5) is 35.2. The Morgan fingerprint density at radius 1 is 1.21 bits per heavy atom. The van der Waals surface area contributed by atoms with E-state index in [2.05, 4.69) is 10.4 Å². The SMILES string of the molecule is COc1ccc([C@@]2(C)NC(=O)N(/N=C\c3cc([N+](=O)[O-])ccc3[O-])C2=O)cc1. The number of rotatable bonds is 5. The number of nitrogens with zero attached hydrogens (tertiary/aromatic N) is 3. The van der Waals surface area contributed by atoms with E-state index < -0.39 is 28.2 Å². The van der Waals surface area contributed by atoms with Crippen molar-refractivity contribution in [1.29, 1.82) is 0 Å². The van der Waals surface area contributed by atoms with Crippen molar-refractivity contribution in [3.8, 4) is 11.5 Å². The van der Waals surface area contributed by atoms with Crippen LogP contribution in [0, 0.1) is 10.1 Å². The minimum Gasteiger partial charge on any atom is -0.872 e. The molecule has 1 aliphatic heterocycles. The van der Waals surface area contributed by atoms with Crippen LogP contribution in [0.3, 0.4) is 0 Å². The quantitative estimate of drug-likeness (QED) is 0.359. The number of hydrazone groups is 1. The van der Waals surface area contributed by atoms with Gasteiger partial charge in [0.05, 0.1) is 18.2 Å². The molecule has 2 aromatic rings. The summed E-state index contributed by atoms with van der Waals surface area (Å²) in [6.07, 6.45) is 0.951. The fourth-order valence-electron chi connectivity index (χ4n) is 2.72. The Bertz CT molecular complexity index is 988. The van der Waals surface area contributed by atoms with Gasteiger partial charge in [-0.3, -0.25) is 14.9 Å². The maximum atomic E-state index is 12.8. The second-order valence-electron chi connectivity index (χ2n) is 6.12. The number of carbonyl (C=O) groups excluding carboxylic acids is 2. The molecular formula is C18H15N4O6-. The number of methoxy groups -OCH3 is 1. The van der Waals surface area contributed by atoms with E-state index in [0.29, 0.717) is 16.3 Å². The van der Waals surface area contributed by atoms with Gasteiger partial charge in [0, 0.05) is 12.1 Å². The zero-order chi connectivity index (χ0) is 20.5. The van der Waals surface area contributed by atoms with Crippen LogP contribution < -0.4 is 15.2 Å². The third-order valence-electron chi connectivity index (χ3n) is 4.35.